The van der Waals surface area contributed by atoms with Gasteiger partial charge in [-0.25, -0.2) is 4.79 Å². The topological polar surface area (TPSA) is 85.5 Å². The molecule has 2 saturated heterocycles. The van der Waals surface area contributed by atoms with Gasteiger partial charge in [0.25, 0.3) is 5.91 Å². The van der Waals surface area contributed by atoms with Crippen LogP contribution in [0.2, 0.25) is 0 Å². The molecule has 2 aliphatic rings. The number of imide groups is 1. The Kier molecular flexibility index (Phi) is 4.59. The highest BCUT2D eigenvalue weighted by Crippen LogP contribution is 2.21. The maximum absolute atomic E-state index is 12.7. The molecule has 2 aromatic rings. The molecule has 7 nitrogen and oxygen atoms in total. The maximum Gasteiger partial charge on any atom is 0.325 e. The van der Waals surface area contributed by atoms with Crippen molar-refractivity contribution in [3.63, 3.8) is 0 Å². The van der Waals surface area contributed by atoms with Crippen molar-refractivity contribution in [2.75, 3.05) is 19.6 Å². The Bertz CT molecular complexity index is 890. The van der Waals surface area contributed by atoms with Crippen LogP contribution in [0, 0.1) is 5.92 Å². The third-order valence-electron chi connectivity index (χ3n) is 5.51. The van der Waals surface area contributed by atoms with E-state index in [-0.39, 0.29) is 18.4 Å². The quantitative estimate of drug-likeness (QED) is 0.808. The highest BCUT2D eigenvalue weighted by atomic mass is 16.2. The fraction of sp³-hybridized carbons (Fsp3) is 0.450. The first-order valence-corrected chi connectivity index (χ1v) is 9.47. The number of nitrogens with one attached hydrogen (secondary N) is 2. The van der Waals surface area contributed by atoms with Crippen LogP contribution in [0.3, 0.4) is 0 Å². The standard InChI is InChI=1S/C20H24N4O3/c1-13-5-4-8-23(11-13)18(25)12-24-19(26)17(22-20(24)27)9-14-10-21-16-7-3-2-6-15(14)16/h2-3,6-7,10,13,17,21H,4-5,8-9,11-12H2,1H3,(H,22,27)/t13-,17+/m0/s1. The number of likely N-dealkylation sites (tertiary alicyclic amines) is 1. The Morgan fingerprint density at radius 1 is 1.26 bits per heavy atom. The maximum atomic E-state index is 12.7. The van der Waals surface area contributed by atoms with Gasteiger partial charge in [-0.3, -0.25) is 14.5 Å². The molecule has 0 spiro atoms. The lowest BCUT2D eigenvalue weighted by Crippen LogP contribution is -2.46. The first-order chi connectivity index (χ1) is 13.0. The fourth-order valence-corrected chi connectivity index (χ4v) is 4.04. The SMILES string of the molecule is C[C@H]1CCCN(C(=O)CN2C(=O)N[C@H](Cc3c[nH]c4ccccc34)C2=O)C1. The number of amides is 4. The van der Waals surface area contributed by atoms with Crippen LogP contribution < -0.4 is 5.32 Å². The minimum atomic E-state index is -0.634. The van der Waals surface area contributed by atoms with Crippen LogP contribution in [0.25, 0.3) is 10.9 Å². The highest BCUT2D eigenvalue weighted by Gasteiger charge is 2.40. The molecule has 7 heteroatoms. The van der Waals surface area contributed by atoms with Gasteiger partial charge in [0.15, 0.2) is 0 Å². The smallest absolute Gasteiger partial charge is 0.325 e. The lowest BCUT2D eigenvalue weighted by molar-refractivity contribution is -0.138. The zero-order valence-electron chi connectivity index (χ0n) is 15.4. The van der Waals surface area contributed by atoms with Crippen LogP contribution in [0.5, 0.6) is 0 Å². The minimum absolute atomic E-state index is 0.155. The largest absolute Gasteiger partial charge is 0.361 e. The Balaban J connectivity index is 1.43. The summed E-state index contributed by atoms with van der Waals surface area (Å²) >= 11 is 0. The van der Waals surface area contributed by atoms with Gasteiger partial charge in [-0.15, -0.1) is 0 Å². The Morgan fingerprint density at radius 3 is 2.89 bits per heavy atom. The number of piperidine rings is 1. The van der Waals surface area contributed by atoms with Gasteiger partial charge in [-0.05, 0) is 30.4 Å². The van der Waals surface area contributed by atoms with Crippen LogP contribution >= 0.6 is 0 Å². The molecule has 1 aromatic carbocycles. The van der Waals surface area contributed by atoms with Crippen molar-refractivity contribution in [1.82, 2.24) is 20.1 Å². The lowest BCUT2D eigenvalue weighted by atomic mass is 10.0. The van der Waals surface area contributed by atoms with Crippen LogP contribution in [0.4, 0.5) is 4.79 Å². The first kappa shape index (κ1) is 17.6. The molecule has 2 N–H and O–H groups in total. The number of aromatic nitrogens is 1. The van der Waals surface area contributed by atoms with Crippen molar-refractivity contribution < 1.29 is 14.4 Å². The normalized spacial score (nSPS) is 23.1. The van der Waals surface area contributed by atoms with E-state index in [1.165, 1.54) is 0 Å². The lowest BCUT2D eigenvalue weighted by Gasteiger charge is -2.31. The van der Waals surface area contributed by atoms with Crippen molar-refractivity contribution in [3.8, 4) is 0 Å². The van der Waals surface area contributed by atoms with E-state index in [0.29, 0.717) is 25.4 Å². The number of carbonyl (C=O) groups is 3. The zero-order chi connectivity index (χ0) is 19.0. The molecule has 4 rings (SSSR count). The van der Waals surface area contributed by atoms with Crippen molar-refractivity contribution in [3.05, 3.63) is 36.0 Å². The summed E-state index contributed by atoms with van der Waals surface area (Å²) in [6.45, 7) is 3.33. The van der Waals surface area contributed by atoms with E-state index in [1.54, 1.807) is 4.90 Å². The second-order valence-electron chi connectivity index (χ2n) is 7.58. The summed E-state index contributed by atoms with van der Waals surface area (Å²) in [6, 6.07) is 6.73. The van der Waals surface area contributed by atoms with E-state index in [4.69, 9.17) is 0 Å². The number of rotatable bonds is 4. The molecule has 27 heavy (non-hydrogen) atoms. The van der Waals surface area contributed by atoms with E-state index in [0.717, 1.165) is 34.2 Å². The van der Waals surface area contributed by atoms with Gasteiger partial charge in [-0.2, -0.15) is 0 Å². The van der Waals surface area contributed by atoms with E-state index >= 15 is 0 Å². The average molecular weight is 368 g/mol. The van der Waals surface area contributed by atoms with Gasteiger partial charge in [-0.1, -0.05) is 25.1 Å². The molecular formula is C20H24N4O3. The van der Waals surface area contributed by atoms with Gasteiger partial charge in [0, 0.05) is 36.6 Å². The number of H-pyrrole nitrogens is 1. The van der Waals surface area contributed by atoms with E-state index in [2.05, 4.69) is 17.2 Å². The molecule has 0 radical (unpaired) electrons. The first-order valence-electron chi connectivity index (χ1n) is 9.47. The molecule has 2 aliphatic heterocycles. The fourth-order valence-electron chi connectivity index (χ4n) is 4.04. The number of para-hydroxylation sites is 1. The number of urea groups is 1. The van der Waals surface area contributed by atoms with Crippen molar-refractivity contribution >= 4 is 28.7 Å². The second kappa shape index (κ2) is 7.06. The van der Waals surface area contributed by atoms with Gasteiger partial charge in [0.2, 0.25) is 5.91 Å². The van der Waals surface area contributed by atoms with Gasteiger partial charge < -0.3 is 15.2 Å². The molecule has 2 atom stereocenters. The molecule has 4 amide bonds. The number of nitrogens with zero attached hydrogens (tertiary/aromatic N) is 2. The highest BCUT2D eigenvalue weighted by molar-refractivity contribution is 6.06. The number of hydrogen-bond donors (Lipinski definition) is 2. The average Bonchev–Trinajstić information content (AvgIpc) is 3.18. The molecule has 0 aliphatic carbocycles. The Hall–Kier alpha value is -2.83. The number of carbonyl (C=O) groups excluding carboxylic acids is 3. The third kappa shape index (κ3) is 3.41. The summed E-state index contributed by atoms with van der Waals surface area (Å²) < 4.78 is 0. The summed E-state index contributed by atoms with van der Waals surface area (Å²) in [6.07, 6.45) is 4.35. The summed E-state index contributed by atoms with van der Waals surface area (Å²) in [7, 11) is 0. The molecule has 3 heterocycles. The monoisotopic (exact) mass is 368 g/mol. The molecule has 1 aromatic heterocycles. The van der Waals surface area contributed by atoms with Crippen molar-refractivity contribution in [2.45, 2.75) is 32.2 Å². The van der Waals surface area contributed by atoms with Crippen molar-refractivity contribution in [1.29, 1.82) is 0 Å². The number of benzene rings is 1. The summed E-state index contributed by atoms with van der Waals surface area (Å²) in [4.78, 5) is 43.5. The van der Waals surface area contributed by atoms with Gasteiger partial charge >= 0.3 is 6.03 Å². The van der Waals surface area contributed by atoms with Crippen molar-refractivity contribution in [2.24, 2.45) is 5.92 Å². The van der Waals surface area contributed by atoms with E-state index in [9.17, 15) is 14.4 Å². The molecular weight excluding hydrogens is 344 g/mol. The minimum Gasteiger partial charge on any atom is -0.361 e. The number of fused-ring (bicyclic) bond motifs is 1. The van der Waals surface area contributed by atoms with Gasteiger partial charge in [0.1, 0.15) is 12.6 Å². The molecule has 0 unspecified atom stereocenters. The second-order valence-corrected chi connectivity index (χ2v) is 7.58. The Morgan fingerprint density at radius 2 is 2.07 bits per heavy atom. The number of hydrogen-bond acceptors (Lipinski definition) is 3. The summed E-state index contributed by atoms with van der Waals surface area (Å²) in [5, 5.41) is 3.76. The molecule has 0 saturated carbocycles. The van der Waals surface area contributed by atoms with Crippen LogP contribution in [-0.2, 0) is 16.0 Å². The molecule has 0 bridgehead atoms. The Labute approximate surface area is 157 Å². The third-order valence-corrected chi connectivity index (χ3v) is 5.51. The van der Waals surface area contributed by atoms with E-state index < -0.39 is 12.1 Å². The number of aromatic amines is 1. The predicted molar refractivity (Wildman–Crippen MR) is 101 cm³/mol. The van der Waals surface area contributed by atoms with Crippen LogP contribution in [-0.4, -0.2) is 58.3 Å². The summed E-state index contributed by atoms with van der Waals surface area (Å²) in [5.41, 5.74) is 1.97. The van der Waals surface area contributed by atoms with Crippen LogP contribution in [0.1, 0.15) is 25.3 Å². The predicted octanol–water partition coefficient (Wildman–Crippen LogP) is 1.89. The van der Waals surface area contributed by atoms with E-state index in [1.807, 2.05) is 30.5 Å². The summed E-state index contributed by atoms with van der Waals surface area (Å²) in [5.74, 6) is -0.0260. The van der Waals surface area contributed by atoms with Crippen LogP contribution in [0.15, 0.2) is 30.5 Å². The molecule has 2 fully saturated rings. The zero-order valence-corrected chi connectivity index (χ0v) is 15.4. The van der Waals surface area contributed by atoms with Gasteiger partial charge in [0.05, 0.1) is 0 Å². The molecule has 142 valence electrons.